The van der Waals surface area contributed by atoms with E-state index in [-0.39, 0.29) is 18.7 Å². The predicted molar refractivity (Wildman–Crippen MR) is 87.8 cm³/mol. The fourth-order valence-corrected chi connectivity index (χ4v) is 2.36. The second-order valence-corrected chi connectivity index (χ2v) is 5.44. The number of amides is 1. The number of carbonyl (C=O) groups is 1. The number of morpholine rings is 1. The number of rotatable bonds is 6. The van der Waals surface area contributed by atoms with Crippen LogP contribution in [0.2, 0.25) is 0 Å². The third kappa shape index (κ3) is 4.38. The van der Waals surface area contributed by atoms with Gasteiger partial charge >= 0.3 is 6.09 Å². The van der Waals surface area contributed by atoms with Crippen LogP contribution in [0.4, 0.5) is 15.2 Å². The van der Waals surface area contributed by atoms with E-state index in [9.17, 15) is 9.18 Å². The number of aromatic nitrogens is 1. The van der Waals surface area contributed by atoms with Crippen LogP contribution in [0.5, 0.6) is 5.75 Å². The number of anilines is 1. The zero-order valence-electron chi connectivity index (χ0n) is 13.4. The van der Waals surface area contributed by atoms with Gasteiger partial charge in [0.1, 0.15) is 17.9 Å². The lowest BCUT2D eigenvalue weighted by atomic mass is 10.3. The Hall–Kier alpha value is -2.81. The van der Waals surface area contributed by atoms with Crippen molar-refractivity contribution in [3.63, 3.8) is 0 Å². The molecule has 1 aliphatic rings. The highest BCUT2D eigenvalue weighted by atomic mass is 19.1. The van der Waals surface area contributed by atoms with E-state index in [2.05, 4.69) is 10.3 Å². The van der Waals surface area contributed by atoms with E-state index < -0.39 is 6.09 Å². The number of nitrogens with zero attached hydrogens (tertiary/aromatic N) is 2. The van der Waals surface area contributed by atoms with Crippen molar-refractivity contribution in [2.75, 3.05) is 44.4 Å². The van der Waals surface area contributed by atoms with E-state index in [4.69, 9.17) is 19.0 Å². The van der Waals surface area contributed by atoms with Gasteiger partial charge in [-0.05, 0) is 12.1 Å². The molecule has 0 spiro atoms. The fraction of sp³-hybridized carbons (Fsp3) is 0.375. The molecule has 1 aliphatic heterocycles. The second-order valence-electron chi connectivity index (χ2n) is 5.44. The molecule has 1 aromatic carbocycles. The van der Waals surface area contributed by atoms with Crippen molar-refractivity contribution in [1.29, 1.82) is 0 Å². The number of benzene rings is 1. The van der Waals surface area contributed by atoms with E-state index in [1.54, 1.807) is 18.2 Å². The number of hydrogen-bond donors (Lipinski definition) is 2. The molecule has 0 radical (unpaired) electrons. The molecule has 0 bridgehead atoms. The Morgan fingerprint density at radius 2 is 2.24 bits per heavy atom. The third-order valence-electron chi connectivity index (χ3n) is 3.68. The molecule has 1 fully saturated rings. The van der Waals surface area contributed by atoms with Gasteiger partial charge in [0, 0.05) is 31.3 Å². The van der Waals surface area contributed by atoms with Crippen molar-refractivity contribution in [2.24, 2.45) is 0 Å². The maximum Gasteiger partial charge on any atom is 0.404 e. The van der Waals surface area contributed by atoms with Gasteiger partial charge in [-0.3, -0.25) is 0 Å². The number of ether oxygens (including phenoxy) is 2. The van der Waals surface area contributed by atoms with Crippen molar-refractivity contribution in [1.82, 2.24) is 10.3 Å². The van der Waals surface area contributed by atoms with E-state index in [0.717, 1.165) is 13.1 Å². The largest absolute Gasteiger partial charge is 0.489 e. The van der Waals surface area contributed by atoms with E-state index in [1.807, 2.05) is 4.90 Å². The molecule has 1 saturated heterocycles. The van der Waals surface area contributed by atoms with Crippen LogP contribution in [0.25, 0.3) is 11.1 Å². The van der Waals surface area contributed by atoms with Gasteiger partial charge < -0.3 is 29.2 Å². The molecule has 9 heteroatoms. The molecule has 0 saturated carbocycles. The van der Waals surface area contributed by atoms with Gasteiger partial charge in [0.15, 0.2) is 5.58 Å². The van der Waals surface area contributed by atoms with E-state index >= 15 is 0 Å². The standard InChI is InChI=1S/C16H18FN3O5/c17-8-11(9-18-16(21)22)10-24-12-1-2-13-14(7-12)25-15(19-13)20-3-5-23-6-4-20/h1-2,7-8,18H,3-6,9-10H2,(H,21,22). The Labute approximate surface area is 142 Å². The Balaban J connectivity index is 1.65. The number of oxazole rings is 1. The summed E-state index contributed by atoms with van der Waals surface area (Å²) in [6, 6.07) is 5.67. The van der Waals surface area contributed by atoms with Crippen LogP contribution in [-0.4, -0.2) is 55.6 Å². The highest BCUT2D eigenvalue weighted by Crippen LogP contribution is 2.26. The van der Waals surface area contributed by atoms with Gasteiger partial charge in [-0.25, -0.2) is 9.18 Å². The summed E-state index contributed by atoms with van der Waals surface area (Å²) in [6.45, 7) is 2.49. The molecule has 8 nitrogen and oxygen atoms in total. The molecule has 0 unspecified atom stereocenters. The lowest BCUT2D eigenvalue weighted by Gasteiger charge is -2.24. The molecule has 2 N–H and O–H groups in total. The number of nitrogens with one attached hydrogen (secondary N) is 1. The SMILES string of the molecule is O=C(O)NCC(=CF)COc1ccc2nc(N3CCOCC3)oc2c1. The lowest BCUT2D eigenvalue weighted by Crippen LogP contribution is -2.36. The van der Waals surface area contributed by atoms with Gasteiger partial charge in [-0.2, -0.15) is 4.98 Å². The summed E-state index contributed by atoms with van der Waals surface area (Å²) in [4.78, 5) is 16.9. The third-order valence-corrected chi connectivity index (χ3v) is 3.68. The Morgan fingerprint density at radius 1 is 1.44 bits per heavy atom. The minimum absolute atomic E-state index is 0.0766. The minimum Gasteiger partial charge on any atom is -0.489 e. The van der Waals surface area contributed by atoms with Gasteiger partial charge in [0.2, 0.25) is 0 Å². The minimum atomic E-state index is -1.22. The highest BCUT2D eigenvalue weighted by Gasteiger charge is 2.17. The van der Waals surface area contributed by atoms with Crippen LogP contribution in [0.1, 0.15) is 0 Å². The first-order valence-corrected chi connectivity index (χ1v) is 7.76. The zero-order chi connectivity index (χ0) is 17.6. The predicted octanol–water partition coefficient (Wildman–Crippen LogP) is 2.16. The Bertz CT molecular complexity index is 770. The van der Waals surface area contributed by atoms with Crippen molar-refractivity contribution in [3.05, 3.63) is 30.1 Å². The normalized spacial score (nSPS) is 15.4. The van der Waals surface area contributed by atoms with E-state index in [0.29, 0.717) is 42.4 Å². The molecule has 1 amide bonds. The quantitative estimate of drug-likeness (QED) is 0.823. The fourth-order valence-electron chi connectivity index (χ4n) is 2.36. The number of halogens is 1. The van der Waals surface area contributed by atoms with Crippen LogP contribution >= 0.6 is 0 Å². The zero-order valence-corrected chi connectivity index (χ0v) is 13.4. The molecule has 3 rings (SSSR count). The van der Waals surface area contributed by atoms with Crippen LogP contribution in [0.15, 0.2) is 34.5 Å². The van der Waals surface area contributed by atoms with Crippen LogP contribution in [0, 0.1) is 0 Å². The van der Waals surface area contributed by atoms with Crippen LogP contribution in [-0.2, 0) is 4.74 Å². The number of hydrogen-bond acceptors (Lipinski definition) is 6. The summed E-state index contributed by atoms with van der Waals surface area (Å²) in [5.41, 5.74) is 1.44. The average Bonchev–Trinajstić information content (AvgIpc) is 3.06. The summed E-state index contributed by atoms with van der Waals surface area (Å²) in [6.07, 6.45) is -0.891. The van der Waals surface area contributed by atoms with Gasteiger partial charge in [-0.1, -0.05) is 0 Å². The number of fused-ring (bicyclic) bond motifs is 1. The molecule has 2 heterocycles. The first-order chi connectivity index (χ1) is 12.2. The maximum absolute atomic E-state index is 12.8. The Kier molecular flexibility index (Phi) is 5.34. The summed E-state index contributed by atoms with van der Waals surface area (Å²) >= 11 is 0. The molecule has 1 aromatic heterocycles. The summed E-state index contributed by atoms with van der Waals surface area (Å²) < 4.78 is 29.3. The first-order valence-electron chi connectivity index (χ1n) is 7.76. The number of carboxylic acid groups (broad SMARTS) is 1. The van der Waals surface area contributed by atoms with Crippen molar-refractivity contribution in [3.8, 4) is 5.75 Å². The van der Waals surface area contributed by atoms with Crippen molar-refractivity contribution < 1.29 is 28.2 Å². The lowest BCUT2D eigenvalue weighted by molar-refractivity contribution is 0.120. The molecule has 0 aliphatic carbocycles. The summed E-state index contributed by atoms with van der Waals surface area (Å²) in [5.74, 6) is 0.479. The smallest absolute Gasteiger partial charge is 0.404 e. The van der Waals surface area contributed by atoms with Gasteiger partial charge in [0.25, 0.3) is 6.01 Å². The molecule has 134 valence electrons. The molecular formula is C16H18FN3O5. The monoisotopic (exact) mass is 351 g/mol. The Morgan fingerprint density at radius 3 is 2.96 bits per heavy atom. The second kappa shape index (κ2) is 7.84. The van der Waals surface area contributed by atoms with Crippen LogP contribution in [0.3, 0.4) is 0 Å². The highest BCUT2D eigenvalue weighted by molar-refractivity contribution is 5.76. The van der Waals surface area contributed by atoms with Crippen LogP contribution < -0.4 is 15.0 Å². The first kappa shape index (κ1) is 17.0. The van der Waals surface area contributed by atoms with E-state index in [1.165, 1.54) is 0 Å². The molecule has 0 atom stereocenters. The van der Waals surface area contributed by atoms with Gasteiger partial charge in [-0.15, -0.1) is 0 Å². The topological polar surface area (TPSA) is 97.1 Å². The molecule has 2 aromatic rings. The average molecular weight is 351 g/mol. The summed E-state index contributed by atoms with van der Waals surface area (Å²) in [7, 11) is 0. The molecular weight excluding hydrogens is 333 g/mol. The van der Waals surface area contributed by atoms with Crippen molar-refractivity contribution in [2.45, 2.75) is 0 Å². The van der Waals surface area contributed by atoms with Crippen molar-refractivity contribution >= 4 is 23.2 Å². The molecule has 25 heavy (non-hydrogen) atoms. The maximum atomic E-state index is 12.8. The summed E-state index contributed by atoms with van der Waals surface area (Å²) in [5, 5.41) is 10.6. The van der Waals surface area contributed by atoms with Gasteiger partial charge in [0.05, 0.1) is 19.5 Å².